The van der Waals surface area contributed by atoms with Gasteiger partial charge in [-0.1, -0.05) is 26.7 Å². The van der Waals surface area contributed by atoms with Crippen LogP contribution in [0.1, 0.15) is 46.0 Å². The van der Waals surface area contributed by atoms with Crippen LogP contribution in [0.2, 0.25) is 0 Å². The van der Waals surface area contributed by atoms with Crippen molar-refractivity contribution in [2.75, 3.05) is 0 Å². The summed E-state index contributed by atoms with van der Waals surface area (Å²) >= 11 is 0. The van der Waals surface area contributed by atoms with Gasteiger partial charge < -0.3 is 0 Å². The monoisotopic (exact) mass is 238 g/mol. The van der Waals surface area contributed by atoms with E-state index in [-0.39, 0.29) is 23.8 Å². The largest absolute Gasteiger partial charge is 0.331 e. The molecule has 0 radical (unpaired) electrons. The van der Waals surface area contributed by atoms with Gasteiger partial charge in [0.2, 0.25) is 11.8 Å². The predicted octanol–water partition coefficient (Wildman–Crippen LogP) is 1.42. The quantitative estimate of drug-likeness (QED) is 0.703. The summed E-state index contributed by atoms with van der Waals surface area (Å²) in [7, 11) is 0. The number of hydrogen-bond acceptors (Lipinski definition) is 3. The highest BCUT2D eigenvalue weighted by atomic mass is 16.2. The summed E-state index contributed by atoms with van der Waals surface area (Å²) in [5.74, 6) is -0.858. The molecule has 4 amide bonds. The van der Waals surface area contributed by atoms with Gasteiger partial charge in [0, 0.05) is 6.04 Å². The highest BCUT2D eigenvalue weighted by Crippen LogP contribution is 2.39. The summed E-state index contributed by atoms with van der Waals surface area (Å²) in [5.41, 5.74) is -0.0639. The molecule has 1 heterocycles. The summed E-state index contributed by atoms with van der Waals surface area (Å²) in [5, 5.41) is 2.22. The zero-order chi connectivity index (χ0) is 12.6. The molecule has 0 aromatic carbocycles. The molecule has 1 aliphatic carbocycles. The standard InChI is InChI=1S/C12H18N2O3/c1-12(2)6-4-3-5-8(12)14-10(16)7-9(15)13-11(14)17/h8H,3-7H2,1-2H3,(H,13,15,17). The SMILES string of the molecule is CC1(C)CCCCC1N1C(=O)CC(=O)NC1=O. The van der Waals surface area contributed by atoms with E-state index in [0.29, 0.717) is 0 Å². The smallest absolute Gasteiger partial charge is 0.277 e. The Bertz CT molecular complexity index is 356. The number of hydrogen-bond donors (Lipinski definition) is 1. The first kappa shape index (κ1) is 12.1. The van der Waals surface area contributed by atoms with E-state index in [0.717, 1.165) is 25.7 Å². The second-order valence-corrected chi connectivity index (χ2v) is 5.54. The van der Waals surface area contributed by atoms with Gasteiger partial charge in [0.25, 0.3) is 0 Å². The molecule has 94 valence electrons. The zero-order valence-corrected chi connectivity index (χ0v) is 10.3. The Hall–Kier alpha value is -1.39. The topological polar surface area (TPSA) is 66.5 Å². The van der Waals surface area contributed by atoms with E-state index in [4.69, 9.17) is 0 Å². The van der Waals surface area contributed by atoms with E-state index < -0.39 is 11.9 Å². The van der Waals surface area contributed by atoms with Crippen LogP contribution in [-0.4, -0.2) is 28.8 Å². The molecule has 1 atom stereocenters. The predicted molar refractivity (Wildman–Crippen MR) is 61.0 cm³/mol. The van der Waals surface area contributed by atoms with Crippen LogP contribution < -0.4 is 5.32 Å². The van der Waals surface area contributed by atoms with Gasteiger partial charge in [-0.05, 0) is 18.3 Å². The van der Waals surface area contributed by atoms with E-state index in [1.165, 1.54) is 4.90 Å². The van der Waals surface area contributed by atoms with E-state index in [2.05, 4.69) is 19.2 Å². The molecule has 1 saturated heterocycles. The van der Waals surface area contributed by atoms with Gasteiger partial charge in [-0.3, -0.25) is 19.8 Å². The molecule has 2 fully saturated rings. The first-order valence-electron chi connectivity index (χ1n) is 6.08. The van der Waals surface area contributed by atoms with Gasteiger partial charge >= 0.3 is 6.03 Å². The first-order chi connectivity index (χ1) is 7.92. The number of carbonyl (C=O) groups is 3. The van der Waals surface area contributed by atoms with Crippen LogP contribution in [0, 0.1) is 5.41 Å². The maximum Gasteiger partial charge on any atom is 0.331 e. The lowest BCUT2D eigenvalue weighted by molar-refractivity contribution is -0.140. The molecule has 0 bridgehead atoms. The Labute approximate surface area is 101 Å². The van der Waals surface area contributed by atoms with Gasteiger partial charge in [0.15, 0.2) is 0 Å². The minimum atomic E-state index is -0.550. The van der Waals surface area contributed by atoms with Crippen molar-refractivity contribution in [2.45, 2.75) is 52.0 Å². The highest BCUT2D eigenvalue weighted by molar-refractivity contribution is 6.14. The number of rotatable bonds is 1. The van der Waals surface area contributed by atoms with Crippen molar-refractivity contribution in [3.05, 3.63) is 0 Å². The van der Waals surface area contributed by atoms with Crippen molar-refractivity contribution in [1.82, 2.24) is 10.2 Å². The molecule has 0 aromatic rings. The molecule has 1 saturated carbocycles. The molecule has 2 aliphatic rings. The van der Waals surface area contributed by atoms with Crippen molar-refractivity contribution >= 4 is 17.8 Å². The van der Waals surface area contributed by atoms with Crippen LogP contribution in [0.5, 0.6) is 0 Å². The average molecular weight is 238 g/mol. The van der Waals surface area contributed by atoms with Crippen LogP contribution >= 0.6 is 0 Å². The third kappa shape index (κ3) is 2.18. The zero-order valence-electron chi connectivity index (χ0n) is 10.3. The van der Waals surface area contributed by atoms with Crippen LogP contribution in [-0.2, 0) is 9.59 Å². The molecule has 2 rings (SSSR count). The summed E-state index contributed by atoms with van der Waals surface area (Å²) in [4.78, 5) is 36.0. The number of barbiturate groups is 1. The number of nitrogens with one attached hydrogen (secondary N) is 1. The second-order valence-electron chi connectivity index (χ2n) is 5.54. The fraction of sp³-hybridized carbons (Fsp3) is 0.750. The molecular weight excluding hydrogens is 220 g/mol. The number of urea groups is 1. The van der Waals surface area contributed by atoms with Crippen molar-refractivity contribution < 1.29 is 14.4 Å². The molecule has 1 unspecified atom stereocenters. The fourth-order valence-electron chi connectivity index (χ4n) is 2.83. The van der Waals surface area contributed by atoms with Crippen molar-refractivity contribution in [3.63, 3.8) is 0 Å². The molecule has 1 N–H and O–H groups in total. The number of imide groups is 2. The highest BCUT2D eigenvalue weighted by Gasteiger charge is 2.43. The van der Waals surface area contributed by atoms with Crippen molar-refractivity contribution in [2.24, 2.45) is 5.41 Å². The third-order valence-corrected chi connectivity index (χ3v) is 3.81. The Morgan fingerprint density at radius 2 is 1.94 bits per heavy atom. The molecular formula is C12H18N2O3. The number of nitrogens with zero attached hydrogens (tertiary/aromatic N) is 1. The van der Waals surface area contributed by atoms with E-state index in [1.807, 2.05) is 0 Å². The third-order valence-electron chi connectivity index (χ3n) is 3.81. The van der Waals surface area contributed by atoms with Crippen molar-refractivity contribution in [3.8, 4) is 0 Å². The fourth-order valence-corrected chi connectivity index (χ4v) is 2.83. The van der Waals surface area contributed by atoms with Gasteiger partial charge in [-0.25, -0.2) is 4.79 Å². The van der Waals surface area contributed by atoms with E-state index in [9.17, 15) is 14.4 Å². The van der Waals surface area contributed by atoms with Crippen LogP contribution in [0.4, 0.5) is 4.79 Å². The lowest BCUT2D eigenvalue weighted by Gasteiger charge is -2.45. The maximum absolute atomic E-state index is 11.8. The van der Waals surface area contributed by atoms with Crippen LogP contribution in [0.25, 0.3) is 0 Å². The molecule has 5 heteroatoms. The van der Waals surface area contributed by atoms with Crippen molar-refractivity contribution in [1.29, 1.82) is 0 Å². The van der Waals surface area contributed by atoms with Crippen LogP contribution in [0.3, 0.4) is 0 Å². The molecule has 1 aliphatic heterocycles. The minimum absolute atomic E-state index is 0.0639. The Morgan fingerprint density at radius 3 is 2.53 bits per heavy atom. The number of amides is 4. The van der Waals surface area contributed by atoms with Crippen LogP contribution in [0.15, 0.2) is 0 Å². The normalized spacial score (nSPS) is 29.2. The molecule has 0 aromatic heterocycles. The maximum atomic E-state index is 11.8. The Kier molecular flexibility index (Phi) is 2.93. The van der Waals surface area contributed by atoms with E-state index >= 15 is 0 Å². The van der Waals surface area contributed by atoms with Gasteiger partial charge in [-0.15, -0.1) is 0 Å². The van der Waals surface area contributed by atoms with E-state index in [1.54, 1.807) is 0 Å². The molecule has 0 spiro atoms. The number of carbonyl (C=O) groups excluding carboxylic acids is 3. The molecule has 5 nitrogen and oxygen atoms in total. The summed E-state index contributed by atoms with van der Waals surface area (Å²) in [6, 6.07) is -0.636. The van der Waals surface area contributed by atoms with Gasteiger partial charge in [-0.2, -0.15) is 0 Å². The second kappa shape index (κ2) is 4.13. The lowest BCUT2D eigenvalue weighted by atomic mass is 9.72. The molecule has 17 heavy (non-hydrogen) atoms. The van der Waals surface area contributed by atoms with Gasteiger partial charge in [0.1, 0.15) is 6.42 Å². The Balaban J connectivity index is 2.23. The lowest BCUT2D eigenvalue weighted by Crippen LogP contribution is -2.60. The summed E-state index contributed by atoms with van der Waals surface area (Å²) in [6.45, 7) is 4.15. The first-order valence-corrected chi connectivity index (χ1v) is 6.08. The summed E-state index contributed by atoms with van der Waals surface area (Å²) < 4.78 is 0. The Morgan fingerprint density at radius 1 is 1.24 bits per heavy atom. The minimum Gasteiger partial charge on any atom is -0.277 e. The average Bonchev–Trinajstić information content (AvgIpc) is 2.18. The van der Waals surface area contributed by atoms with Gasteiger partial charge in [0.05, 0.1) is 0 Å². The summed E-state index contributed by atoms with van der Waals surface area (Å²) in [6.07, 6.45) is 3.78.